The van der Waals surface area contributed by atoms with Gasteiger partial charge in [0.25, 0.3) is 0 Å². The molecule has 1 N–H and O–H groups in total. The van der Waals surface area contributed by atoms with Crippen LogP contribution >= 0.6 is 0 Å². The number of hydrogen-bond donors (Lipinski definition) is 1. The van der Waals surface area contributed by atoms with Gasteiger partial charge in [0, 0.05) is 18.3 Å². The summed E-state index contributed by atoms with van der Waals surface area (Å²) in [5.41, 5.74) is 5.24. The van der Waals surface area contributed by atoms with Gasteiger partial charge in [-0.1, -0.05) is 25.1 Å². The third-order valence-electron chi connectivity index (χ3n) is 3.66. The van der Waals surface area contributed by atoms with Gasteiger partial charge in [-0.25, -0.2) is 0 Å². The van der Waals surface area contributed by atoms with E-state index in [1.165, 1.54) is 16.7 Å². The minimum Gasteiger partial charge on any atom is -0.316 e. The minimum absolute atomic E-state index is 0.575. The Morgan fingerprint density at radius 3 is 3.00 bits per heavy atom. The van der Waals surface area contributed by atoms with Crippen LogP contribution in [-0.2, 0) is 6.42 Å². The second kappa shape index (κ2) is 4.91. The van der Waals surface area contributed by atoms with Crippen LogP contribution < -0.4 is 5.32 Å². The first-order chi connectivity index (χ1) is 8.84. The van der Waals surface area contributed by atoms with E-state index in [-0.39, 0.29) is 0 Å². The van der Waals surface area contributed by atoms with E-state index in [2.05, 4.69) is 41.5 Å². The Morgan fingerprint density at radius 2 is 2.17 bits per heavy atom. The molecule has 0 aliphatic carbocycles. The molecule has 0 saturated carbocycles. The maximum atomic E-state index is 4.43. The first-order valence-electron chi connectivity index (χ1n) is 6.59. The summed E-state index contributed by atoms with van der Waals surface area (Å²) in [6.07, 6.45) is 2.98. The van der Waals surface area contributed by atoms with Crippen LogP contribution in [0.15, 0.2) is 42.6 Å². The lowest BCUT2D eigenvalue weighted by atomic mass is 9.92. The lowest BCUT2D eigenvalue weighted by Gasteiger charge is -2.13. The first kappa shape index (κ1) is 11.4. The van der Waals surface area contributed by atoms with Crippen molar-refractivity contribution in [3.8, 4) is 11.3 Å². The maximum Gasteiger partial charge on any atom is 0.0702 e. The van der Waals surface area contributed by atoms with Crippen molar-refractivity contribution in [3.05, 3.63) is 53.7 Å². The van der Waals surface area contributed by atoms with Crippen molar-refractivity contribution in [1.82, 2.24) is 10.3 Å². The van der Waals surface area contributed by atoms with Gasteiger partial charge in [0.05, 0.1) is 5.69 Å². The Bertz CT molecular complexity index is 534. The van der Waals surface area contributed by atoms with E-state index in [1.807, 2.05) is 18.3 Å². The second-order valence-corrected chi connectivity index (χ2v) is 4.98. The quantitative estimate of drug-likeness (QED) is 0.826. The standard InChI is InChI=1S/C16H18N2/c1-12-11-17-9-7-13-5-6-14(10-15(12)13)16-4-2-3-8-18-16/h2-6,8,10,12,17H,7,9,11H2,1H3/t12-/m0/s1. The highest BCUT2D eigenvalue weighted by atomic mass is 14.9. The number of fused-ring (bicyclic) bond motifs is 1. The predicted octanol–water partition coefficient (Wildman–Crippen LogP) is 3.00. The number of aromatic nitrogens is 1. The van der Waals surface area contributed by atoms with Crippen LogP contribution in [0.2, 0.25) is 0 Å². The fourth-order valence-corrected chi connectivity index (χ4v) is 2.63. The van der Waals surface area contributed by atoms with E-state index in [0.717, 1.165) is 25.2 Å². The SMILES string of the molecule is C[C@H]1CNCCc2ccc(-c3ccccn3)cc21. The van der Waals surface area contributed by atoms with Gasteiger partial charge in [-0.2, -0.15) is 0 Å². The van der Waals surface area contributed by atoms with E-state index < -0.39 is 0 Å². The zero-order valence-electron chi connectivity index (χ0n) is 10.7. The van der Waals surface area contributed by atoms with Gasteiger partial charge in [0.1, 0.15) is 0 Å². The number of nitrogens with one attached hydrogen (secondary N) is 1. The topological polar surface area (TPSA) is 24.9 Å². The monoisotopic (exact) mass is 238 g/mol. The Kier molecular flexibility index (Phi) is 3.11. The average Bonchev–Trinajstić information content (AvgIpc) is 2.62. The Morgan fingerprint density at radius 1 is 1.22 bits per heavy atom. The van der Waals surface area contributed by atoms with Gasteiger partial charge in [0.15, 0.2) is 0 Å². The maximum absolute atomic E-state index is 4.43. The van der Waals surface area contributed by atoms with Crippen LogP contribution in [0.3, 0.4) is 0 Å². The summed E-state index contributed by atoms with van der Waals surface area (Å²) >= 11 is 0. The zero-order chi connectivity index (χ0) is 12.4. The van der Waals surface area contributed by atoms with Crippen molar-refractivity contribution < 1.29 is 0 Å². The minimum atomic E-state index is 0.575. The van der Waals surface area contributed by atoms with Crippen LogP contribution in [-0.4, -0.2) is 18.1 Å². The van der Waals surface area contributed by atoms with Gasteiger partial charge in [-0.15, -0.1) is 0 Å². The molecule has 18 heavy (non-hydrogen) atoms. The van der Waals surface area contributed by atoms with Crippen LogP contribution in [0, 0.1) is 0 Å². The molecule has 1 aromatic heterocycles. The van der Waals surface area contributed by atoms with Crippen molar-refractivity contribution in [2.75, 3.05) is 13.1 Å². The summed E-state index contributed by atoms with van der Waals surface area (Å²) in [6, 6.07) is 12.8. The zero-order valence-corrected chi connectivity index (χ0v) is 10.7. The Labute approximate surface area is 108 Å². The highest BCUT2D eigenvalue weighted by Crippen LogP contribution is 2.27. The lowest BCUT2D eigenvalue weighted by Crippen LogP contribution is -2.18. The van der Waals surface area contributed by atoms with Crippen LogP contribution in [0.25, 0.3) is 11.3 Å². The van der Waals surface area contributed by atoms with Crippen LogP contribution in [0.4, 0.5) is 0 Å². The number of nitrogens with zero attached hydrogens (tertiary/aromatic N) is 1. The molecule has 1 atom stereocenters. The molecule has 2 nitrogen and oxygen atoms in total. The summed E-state index contributed by atoms with van der Waals surface area (Å²) in [7, 11) is 0. The predicted molar refractivity (Wildman–Crippen MR) is 74.7 cm³/mol. The van der Waals surface area contributed by atoms with E-state index in [9.17, 15) is 0 Å². The van der Waals surface area contributed by atoms with Crippen molar-refractivity contribution >= 4 is 0 Å². The van der Waals surface area contributed by atoms with E-state index >= 15 is 0 Å². The van der Waals surface area contributed by atoms with Crippen LogP contribution in [0.1, 0.15) is 24.0 Å². The molecule has 2 heterocycles. The van der Waals surface area contributed by atoms with E-state index in [0.29, 0.717) is 5.92 Å². The molecule has 1 aliphatic heterocycles. The molecule has 3 rings (SSSR count). The number of pyridine rings is 1. The molecule has 2 heteroatoms. The van der Waals surface area contributed by atoms with Gasteiger partial charge < -0.3 is 5.32 Å². The molecule has 1 aromatic carbocycles. The summed E-state index contributed by atoms with van der Waals surface area (Å²) in [6.45, 7) is 4.44. The van der Waals surface area contributed by atoms with E-state index in [4.69, 9.17) is 0 Å². The molecular weight excluding hydrogens is 220 g/mol. The Balaban J connectivity index is 2.04. The molecule has 0 saturated heterocycles. The normalized spacial score (nSPS) is 19.1. The van der Waals surface area contributed by atoms with Gasteiger partial charge in [-0.3, -0.25) is 4.98 Å². The fraction of sp³-hybridized carbons (Fsp3) is 0.312. The largest absolute Gasteiger partial charge is 0.316 e. The fourth-order valence-electron chi connectivity index (χ4n) is 2.63. The molecule has 0 spiro atoms. The average molecular weight is 238 g/mol. The van der Waals surface area contributed by atoms with Crippen molar-refractivity contribution in [3.63, 3.8) is 0 Å². The summed E-state index contributed by atoms with van der Waals surface area (Å²) in [4.78, 5) is 4.43. The third-order valence-corrected chi connectivity index (χ3v) is 3.66. The van der Waals surface area contributed by atoms with Crippen LogP contribution in [0.5, 0.6) is 0 Å². The molecular formula is C16H18N2. The smallest absolute Gasteiger partial charge is 0.0702 e. The van der Waals surface area contributed by atoms with Gasteiger partial charge >= 0.3 is 0 Å². The third kappa shape index (κ3) is 2.16. The van der Waals surface area contributed by atoms with Crippen molar-refractivity contribution in [2.45, 2.75) is 19.3 Å². The van der Waals surface area contributed by atoms with Gasteiger partial charge in [0.2, 0.25) is 0 Å². The molecule has 0 bridgehead atoms. The van der Waals surface area contributed by atoms with Crippen molar-refractivity contribution in [1.29, 1.82) is 0 Å². The molecule has 0 radical (unpaired) electrons. The number of rotatable bonds is 1. The summed E-state index contributed by atoms with van der Waals surface area (Å²) in [5, 5.41) is 3.49. The second-order valence-electron chi connectivity index (χ2n) is 4.98. The molecule has 0 fully saturated rings. The highest BCUT2D eigenvalue weighted by Gasteiger charge is 2.15. The molecule has 1 aliphatic rings. The lowest BCUT2D eigenvalue weighted by molar-refractivity contribution is 0.644. The van der Waals surface area contributed by atoms with E-state index in [1.54, 1.807) is 0 Å². The number of hydrogen-bond acceptors (Lipinski definition) is 2. The Hall–Kier alpha value is -1.67. The van der Waals surface area contributed by atoms with Crippen molar-refractivity contribution in [2.24, 2.45) is 0 Å². The summed E-state index contributed by atoms with van der Waals surface area (Å²) < 4.78 is 0. The molecule has 92 valence electrons. The highest BCUT2D eigenvalue weighted by molar-refractivity contribution is 5.61. The van der Waals surface area contributed by atoms with Gasteiger partial charge in [-0.05, 0) is 48.2 Å². The first-order valence-corrected chi connectivity index (χ1v) is 6.59. The summed E-state index contributed by atoms with van der Waals surface area (Å²) in [5.74, 6) is 0.575. The number of benzene rings is 1. The molecule has 0 amide bonds. The molecule has 2 aromatic rings. The molecule has 0 unspecified atom stereocenters.